The first kappa shape index (κ1) is 14.0. The highest BCUT2D eigenvalue weighted by Crippen LogP contribution is 2.22. The van der Waals surface area contributed by atoms with Crippen LogP contribution in [0.2, 0.25) is 0 Å². The van der Waals surface area contributed by atoms with E-state index in [0.29, 0.717) is 6.61 Å². The maximum absolute atomic E-state index is 8.58. The average Bonchev–Trinajstić information content (AvgIpc) is 2.32. The van der Waals surface area contributed by atoms with Gasteiger partial charge in [0.05, 0.1) is 12.8 Å². The first-order chi connectivity index (χ1) is 8.27. The van der Waals surface area contributed by atoms with E-state index in [-0.39, 0.29) is 0 Å². The number of rotatable bonds is 7. The molecule has 0 aliphatic rings. The molecule has 1 aromatic rings. The summed E-state index contributed by atoms with van der Waals surface area (Å²) in [5.74, 6) is 0.752. The molecular weight excluding hydrogens is 282 g/mol. The Hall–Kier alpha value is -1.03. The Balaban J connectivity index is 2.51. The molecule has 0 amide bonds. The first-order valence-electron chi connectivity index (χ1n) is 5.87. The molecule has 0 aliphatic heterocycles. The second-order valence-electron chi connectivity index (χ2n) is 3.84. The first-order valence-corrected chi connectivity index (χ1v) is 6.67. The lowest BCUT2D eigenvalue weighted by Crippen LogP contribution is -2.00. The average molecular weight is 300 g/mol. The maximum atomic E-state index is 8.58. The molecular formula is C13H18BrNO2. The fourth-order valence-corrected chi connectivity index (χ4v) is 1.90. The van der Waals surface area contributed by atoms with Crippen LogP contribution in [0.15, 0.2) is 27.8 Å². The fourth-order valence-electron chi connectivity index (χ4n) is 1.52. The Bertz CT molecular complexity index is 366. The number of hydrogen-bond acceptors (Lipinski definition) is 3. The fraction of sp³-hybridized carbons (Fsp3) is 0.462. The molecule has 1 rings (SSSR count). The van der Waals surface area contributed by atoms with Crippen LogP contribution in [0.4, 0.5) is 0 Å². The standard InChI is InChI=1S/C13H18BrNO2/c1-2-3-4-5-8-17-13-7-6-12(14)9-11(13)10-15-16/h6-7,9-10,16H,2-5,8H2,1H3. The van der Waals surface area contributed by atoms with Crippen LogP contribution in [0.25, 0.3) is 0 Å². The summed E-state index contributed by atoms with van der Waals surface area (Å²) in [6.07, 6.45) is 6.09. The number of oxime groups is 1. The van der Waals surface area contributed by atoms with Gasteiger partial charge in [-0.3, -0.25) is 0 Å². The lowest BCUT2D eigenvalue weighted by atomic mass is 10.2. The van der Waals surface area contributed by atoms with Gasteiger partial charge in [0, 0.05) is 10.0 Å². The summed E-state index contributed by atoms with van der Waals surface area (Å²) in [6, 6.07) is 5.65. The Labute approximate surface area is 111 Å². The van der Waals surface area contributed by atoms with E-state index in [0.717, 1.165) is 22.2 Å². The maximum Gasteiger partial charge on any atom is 0.128 e. The quantitative estimate of drug-likeness (QED) is 0.354. The molecule has 4 heteroatoms. The molecule has 0 atom stereocenters. The third-order valence-electron chi connectivity index (χ3n) is 2.42. The molecule has 0 unspecified atom stereocenters. The van der Waals surface area contributed by atoms with Crippen LogP contribution < -0.4 is 4.74 Å². The monoisotopic (exact) mass is 299 g/mol. The molecule has 3 nitrogen and oxygen atoms in total. The molecule has 0 radical (unpaired) electrons. The highest BCUT2D eigenvalue weighted by molar-refractivity contribution is 9.10. The predicted molar refractivity (Wildman–Crippen MR) is 73.2 cm³/mol. The van der Waals surface area contributed by atoms with Crippen molar-refractivity contribution in [1.82, 2.24) is 0 Å². The van der Waals surface area contributed by atoms with Crippen LogP contribution >= 0.6 is 15.9 Å². The van der Waals surface area contributed by atoms with Crippen LogP contribution in [0.3, 0.4) is 0 Å². The Morgan fingerprint density at radius 2 is 2.18 bits per heavy atom. The summed E-state index contributed by atoms with van der Waals surface area (Å²) < 4.78 is 6.60. The molecule has 0 aromatic heterocycles. The van der Waals surface area contributed by atoms with Gasteiger partial charge in [-0.25, -0.2) is 0 Å². The van der Waals surface area contributed by atoms with Gasteiger partial charge in [0.2, 0.25) is 0 Å². The molecule has 0 saturated carbocycles. The van der Waals surface area contributed by atoms with Crippen molar-refractivity contribution in [3.63, 3.8) is 0 Å². The van der Waals surface area contributed by atoms with Gasteiger partial charge in [-0.15, -0.1) is 0 Å². The molecule has 0 fully saturated rings. The van der Waals surface area contributed by atoms with Crippen molar-refractivity contribution in [2.24, 2.45) is 5.16 Å². The predicted octanol–water partition coefficient (Wildman–Crippen LogP) is 4.22. The number of halogens is 1. The van der Waals surface area contributed by atoms with Crippen molar-refractivity contribution in [3.8, 4) is 5.75 Å². The van der Waals surface area contributed by atoms with Crippen LogP contribution in [0.1, 0.15) is 38.2 Å². The van der Waals surface area contributed by atoms with Gasteiger partial charge in [0.15, 0.2) is 0 Å². The minimum atomic E-state index is 0.702. The van der Waals surface area contributed by atoms with Gasteiger partial charge in [0.25, 0.3) is 0 Å². The molecule has 0 bridgehead atoms. The van der Waals surface area contributed by atoms with Gasteiger partial charge in [-0.05, 0) is 24.6 Å². The van der Waals surface area contributed by atoms with E-state index < -0.39 is 0 Å². The minimum absolute atomic E-state index is 0.702. The highest BCUT2D eigenvalue weighted by Gasteiger charge is 2.02. The number of ether oxygens (including phenoxy) is 1. The number of nitrogens with zero attached hydrogens (tertiary/aromatic N) is 1. The minimum Gasteiger partial charge on any atom is -0.493 e. The van der Waals surface area contributed by atoms with E-state index in [1.807, 2.05) is 18.2 Å². The summed E-state index contributed by atoms with van der Waals surface area (Å²) >= 11 is 3.37. The zero-order chi connectivity index (χ0) is 12.5. The van der Waals surface area contributed by atoms with Crippen LogP contribution in [-0.4, -0.2) is 18.0 Å². The number of hydrogen-bond donors (Lipinski definition) is 1. The van der Waals surface area contributed by atoms with E-state index in [1.165, 1.54) is 25.5 Å². The molecule has 0 aliphatic carbocycles. The van der Waals surface area contributed by atoms with E-state index in [4.69, 9.17) is 9.94 Å². The zero-order valence-corrected chi connectivity index (χ0v) is 11.6. The molecule has 1 N–H and O–H groups in total. The van der Waals surface area contributed by atoms with Crippen molar-refractivity contribution < 1.29 is 9.94 Å². The van der Waals surface area contributed by atoms with Crippen molar-refractivity contribution in [1.29, 1.82) is 0 Å². The van der Waals surface area contributed by atoms with Crippen molar-refractivity contribution in [2.75, 3.05) is 6.61 Å². The zero-order valence-electron chi connectivity index (χ0n) is 10.0. The summed E-state index contributed by atoms with van der Waals surface area (Å²) in [4.78, 5) is 0. The van der Waals surface area contributed by atoms with E-state index in [1.54, 1.807) is 0 Å². The summed E-state index contributed by atoms with van der Waals surface area (Å²) in [6.45, 7) is 2.89. The Morgan fingerprint density at radius 3 is 2.88 bits per heavy atom. The molecule has 1 aromatic carbocycles. The third-order valence-corrected chi connectivity index (χ3v) is 2.92. The largest absolute Gasteiger partial charge is 0.493 e. The molecule has 0 heterocycles. The Morgan fingerprint density at radius 1 is 1.35 bits per heavy atom. The van der Waals surface area contributed by atoms with Crippen molar-refractivity contribution in [3.05, 3.63) is 28.2 Å². The van der Waals surface area contributed by atoms with E-state index >= 15 is 0 Å². The van der Waals surface area contributed by atoms with Crippen LogP contribution in [0.5, 0.6) is 5.75 Å². The summed E-state index contributed by atoms with van der Waals surface area (Å²) in [5.41, 5.74) is 0.775. The molecule has 94 valence electrons. The van der Waals surface area contributed by atoms with Crippen LogP contribution in [0, 0.1) is 0 Å². The topological polar surface area (TPSA) is 41.8 Å². The number of unbranched alkanes of at least 4 members (excludes halogenated alkanes) is 3. The van der Waals surface area contributed by atoms with Gasteiger partial charge in [-0.1, -0.05) is 47.3 Å². The van der Waals surface area contributed by atoms with Gasteiger partial charge in [-0.2, -0.15) is 0 Å². The molecule has 0 spiro atoms. The summed E-state index contributed by atoms with van der Waals surface area (Å²) in [7, 11) is 0. The Kier molecular flexibility index (Phi) is 6.70. The SMILES string of the molecule is CCCCCCOc1ccc(Br)cc1C=NO. The lowest BCUT2D eigenvalue weighted by Gasteiger charge is -2.09. The van der Waals surface area contributed by atoms with E-state index in [9.17, 15) is 0 Å². The van der Waals surface area contributed by atoms with Crippen LogP contribution in [-0.2, 0) is 0 Å². The molecule has 0 saturated heterocycles. The summed E-state index contributed by atoms with van der Waals surface area (Å²) in [5, 5.41) is 11.6. The highest BCUT2D eigenvalue weighted by atomic mass is 79.9. The van der Waals surface area contributed by atoms with Gasteiger partial charge >= 0.3 is 0 Å². The van der Waals surface area contributed by atoms with Crippen molar-refractivity contribution >= 4 is 22.1 Å². The van der Waals surface area contributed by atoms with E-state index in [2.05, 4.69) is 28.0 Å². The third kappa shape index (κ3) is 5.22. The molecule has 17 heavy (non-hydrogen) atoms. The van der Waals surface area contributed by atoms with Gasteiger partial charge in [0.1, 0.15) is 5.75 Å². The van der Waals surface area contributed by atoms with Gasteiger partial charge < -0.3 is 9.94 Å². The van der Waals surface area contributed by atoms with Crippen molar-refractivity contribution in [2.45, 2.75) is 32.6 Å². The second-order valence-corrected chi connectivity index (χ2v) is 4.75. The normalized spacial score (nSPS) is 10.9. The second kappa shape index (κ2) is 8.12. The number of benzene rings is 1. The lowest BCUT2D eigenvalue weighted by molar-refractivity contribution is 0.303. The smallest absolute Gasteiger partial charge is 0.128 e.